The number of nitrogens with one attached hydrogen (secondary N) is 1. The fraction of sp³-hybridized carbons (Fsp3) is 0.318. The molecule has 9 nitrogen and oxygen atoms in total. The van der Waals surface area contributed by atoms with Crippen molar-refractivity contribution in [3.8, 4) is 0 Å². The Bertz CT molecular complexity index is 1080. The third-order valence-corrected chi connectivity index (χ3v) is 5.38. The normalized spacial score (nSPS) is 16.0. The van der Waals surface area contributed by atoms with Crippen LogP contribution in [0.15, 0.2) is 48.0 Å². The molecule has 5 rings (SSSR count). The van der Waals surface area contributed by atoms with Gasteiger partial charge in [-0.1, -0.05) is 29.8 Å². The van der Waals surface area contributed by atoms with Gasteiger partial charge in [-0.05, 0) is 18.6 Å². The first kappa shape index (κ1) is 19.4. The molecule has 31 heavy (non-hydrogen) atoms. The van der Waals surface area contributed by atoms with Crippen LogP contribution < -0.4 is 15.2 Å². The zero-order valence-corrected chi connectivity index (χ0v) is 17.4. The summed E-state index contributed by atoms with van der Waals surface area (Å²) in [4.78, 5) is 22.4. The first-order valence-electron chi connectivity index (χ1n) is 10.4. The fourth-order valence-electron chi connectivity index (χ4n) is 3.87. The van der Waals surface area contributed by atoms with E-state index in [1.807, 2.05) is 18.2 Å². The molecule has 1 N–H and O–H groups in total. The SMILES string of the molecule is Cc1cccc(/C=N/Nc2nc3c(c(N4CCOCC4)n2)CN(c2ccncn2)C3)c1. The third kappa shape index (κ3) is 4.31. The Morgan fingerprint density at radius 1 is 1.10 bits per heavy atom. The van der Waals surface area contributed by atoms with Crippen LogP contribution in [-0.2, 0) is 17.8 Å². The summed E-state index contributed by atoms with van der Waals surface area (Å²) in [5.41, 5.74) is 7.36. The fourth-order valence-corrected chi connectivity index (χ4v) is 3.87. The third-order valence-electron chi connectivity index (χ3n) is 5.38. The molecule has 1 saturated heterocycles. The smallest absolute Gasteiger partial charge is 0.245 e. The molecule has 3 aromatic rings. The Labute approximate surface area is 180 Å². The van der Waals surface area contributed by atoms with Gasteiger partial charge in [0.1, 0.15) is 18.0 Å². The average Bonchev–Trinajstić information content (AvgIpc) is 3.24. The lowest BCUT2D eigenvalue weighted by Gasteiger charge is -2.29. The minimum absolute atomic E-state index is 0.494. The summed E-state index contributed by atoms with van der Waals surface area (Å²) >= 11 is 0. The average molecular weight is 416 g/mol. The summed E-state index contributed by atoms with van der Waals surface area (Å²) in [6.45, 7) is 6.46. The molecule has 2 aliphatic rings. The van der Waals surface area contributed by atoms with E-state index < -0.39 is 0 Å². The van der Waals surface area contributed by atoms with Gasteiger partial charge in [0.15, 0.2) is 0 Å². The summed E-state index contributed by atoms with van der Waals surface area (Å²) < 4.78 is 5.53. The summed E-state index contributed by atoms with van der Waals surface area (Å²) in [6, 6.07) is 10.1. The molecule has 0 atom stereocenters. The van der Waals surface area contributed by atoms with Gasteiger partial charge in [0.25, 0.3) is 0 Å². The topological polar surface area (TPSA) is 91.7 Å². The van der Waals surface area contributed by atoms with Crippen LogP contribution in [0.4, 0.5) is 17.6 Å². The number of morpholine rings is 1. The zero-order chi connectivity index (χ0) is 21.0. The van der Waals surface area contributed by atoms with E-state index in [2.05, 4.69) is 49.4 Å². The highest BCUT2D eigenvalue weighted by Gasteiger charge is 2.29. The largest absolute Gasteiger partial charge is 0.378 e. The lowest BCUT2D eigenvalue weighted by atomic mass is 10.2. The maximum absolute atomic E-state index is 5.53. The van der Waals surface area contributed by atoms with Crippen molar-refractivity contribution < 1.29 is 4.74 Å². The predicted octanol–water partition coefficient (Wildman–Crippen LogP) is 2.38. The summed E-state index contributed by atoms with van der Waals surface area (Å²) in [7, 11) is 0. The van der Waals surface area contributed by atoms with E-state index >= 15 is 0 Å². The maximum atomic E-state index is 5.53. The molecule has 0 unspecified atom stereocenters. The van der Waals surface area contributed by atoms with E-state index in [9.17, 15) is 0 Å². The molecule has 2 aromatic heterocycles. The van der Waals surface area contributed by atoms with Crippen LogP contribution in [0, 0.1) is 6.92 Å². The number of hydrogen-bond donors (Lipinski definition) is 1. The van der Waals surface area contributed by atoms with Gasteiger partial charge in [-0.25, -0.2) is 20.4 Å². The molecule has 9 heteroatoms. The highest BCUT2D eigenvalue weighted by molar-refractivity contribution is 5.80. The quantitative estimate of drug-likeness (QED) is 0.501. The maximum Gasteiger partial charge on any atom is 0.245 e. The van der Waals surface area contributed by atoms with Crippen molar-refractivity contribution in [3.63, 3.8) is 0 Å². The second-order valence-corrected chi connectivity index (χ2v) is 7.60. The summed E-state index contributed by atoms with van der Waals surface area (Å²) in [6.07, 6.45) is 5.11. The van der Waals surface area contributed by atoms with E-state index in [0.717, 1.165) is 41.5 Å². The zero-order valence-electron chi connectivity index (χ0n) is 17.4. The van der Waals surface area contributed by atoms with Gasteiger partial charge in [-0.15, -0.1) is 0 Å². The van der Waals surface area contributed by atoms with Crippen molar-refractivity contribution >= 4 is 23.8 Å². The van der Waals surface area contributed by atoms with E-state index in [1.165, 1.54) is 5.56 Å². The van der Waals surface area contributed by atoms with E-state index in [0.29, 0.717) is 32.3 Å². The lowest BCUT2D eigenvalue weighted by molar-refractivity contribution is 0.122. The first-order chi connectivity index (χ1) is 15.3. The first-order valence-corrected chi connectivity index (χ1v) is 10.4. The van der Waals surface area contributed by atoms with E-state index in [1.54, 1.807) is 18.7 Å². The minimum Gasteiger partial charge on any atom is -0.378 e. The van der Waals surface area contributed by atoms with Gasteiger partial charge < -0.3 is 14.5 Å². The number of aryl methyl sites for hydroxylation is 1. The van der Waals surface area contributed by atoms with Crippen molar-refractivity contribution in [1.82, 2.24) is 19.9 Å². The molecule has 0 saturated carbocycles. The van der Waals surface area contributed by atoms with Gasteiger partial charge in [0.2, 0.25) is 5.95 Å². The molecule has 0 spiro atoms. The number of fused-ring (bicyclic) bond motifs is 1. The second kappa shape index (κ2) is 8.65. The van der Waals surface area contributed by atoms with Crippen molar-refractivity contribution in [2.24, 2.45) is 5.10 Å². The van der Waals surface area contributed by atoms with Crippen molar-refractivity contribution in [2.75, 3.05) is 41.5 Å². The number of aromatic nitrogens is 4. The van der Waals surface area contributed by atoms with Crippen LogP contribution >= 0.6 is 0 Å². The minimum atomic E-state index is 0.494. The molecule has 0 bridgehead atoms. The molecule has 0 amide bonds. The molecule has 158 valence electrons. The van der Waals surface area contributed by atoms with Crippen LogP contribution in [0.2, 0.25) is 0 Å². The number of hydrogen-bond acceptors (Lipinski definition) is 9. The second-order valence-electron chi connectivity index (χ2n) is 7.60. The van der Waals surface area contributed by atoms with Gasteiger partial charge in [0.05, 0.1) is 38.2 Å². The molecule has 1 aromatic carbocycles. The number of benzene rings is 1. The highest BCUT2D eigenvalue weighted by Crippen LogP contribution is 2.32. The Morgan fingerprint density at radius 3 is 2.81 bits per heavy atom. The van der Waals surface area contributed by atoms with Crippen LogP contribution in [-0.4, -0.2) is 52.5 Å². The predicted molar refractivity (Wildman–Crippen MR) is 119 cm³/mol. The molecule has 4 heterocycles. The number of rotatable bonds is 5. The van der Waals surface area contributed by atoms with Gasteiger partial charge in [0, 0.05) is 24.8 Å². The molecule has 0 radical (unpaired) electrons. The lowest BCUT2D eigenvalue weighted by Crippen LogP contribution is -2.37. The van der Waals surface area contributed by atoms with Crippen LogP contribution in [0.25, 0.3) is 0 Å². The molecule has 2 aliphatic heterocycles. The van der Waals surface area contributed by atoms with Crippen LogP contribution in [0.5, 0.6) is 0 Å². The van der Waals surface area contributed by atoms with E-state index in [-0.39, 0.29) is 0 Å². The standard InChI is InChI=1S/C22H24N8O/c1-16-3-2-4-17(11-16)12-25-28-22-26-19-14-30(20-5-6-23-15-24-20)13-18(19)21(27-22)29-7-9-31-10-8-29/h2-6,11-12,15H,7-10,13-14H2,1H3,(H,26,27,28)/b25-12+. The summed E-state index contributed by atoms with van der Waals surface area (Å²) in [5, 5.41) is 4.36. The van der Waals surface area contributed by atoms with Crippen LogP contribution in [0.1, 0.15) is 22.4 Å². The molecular formula is C22H24N8O. The number of anilines is 3. The Balaban J connectivity index is 1.42. The Morgan fingerprint density at radius 2 is 2.00 bits per heavy atom. The van der Waals surface area contributed by atoms with Gasteiger partial charge in [-0.3, -0.25) is 0 Å². The highest BCUT2D eigenvalue weighted by atomic mass is 16.5. The number of ether oxygens (including phenoxy) is 1. The Hall–Kier alpha value is -3.59. The number of hydrazone groups is 1. The van der Waals surface area contributed by atoms with E-state index in [4.69, 9.17) is 14.7 Å². The molecule has 1 fully saturated rings. The van der Waals surface area contributed by atoms with Crippen molar-refractivity contribution in [1.29, 1.82) is 0 Å². The molecule has 0 aliphatic carbocycles. The number of nitrogens with zero attached hydrogens (tertiary/aromatic N) is 7. The molecular weight excluding hydrogens is 392 g/mol. The van der Waals surface area contributed by atoms with Crippen molar-refractivity contribution in [2.45, 2.75) is 20.0 Å². The summed E-state index contributed by atoms with van der Waals surface area (Å²) in [5.74, 6) is 2.32. The van der Waals surface area contributed by atoms with Crippen molar-refractivity contribution in [3.05, 3.63) is 65.2 Å². The monoisotopic (exact) mass is 416 g/mol. The van der Waals surface area contributed by atoms with Gasteiger partial charge >= 0.3 is 0 Å². The van der Waals surface area contributed by atoms with Crippen LogP contribution in [0.3, 0.4) is 0 Å². The Kier molecular flexibility index (Phi) is 5.40. The van der Waals surface area contributed by atoms with Gasteiger partial charge in [-0.2, -0.15) is 10.1 Å².